The van der Waals surface area contributed by atoms with Gasteiger partial charge in [0.15, 0.2) is 0 Å². The molecule has 1 amide bonds. The molecule has 4 rings (SSSR count). The van der Waals surface area contributed by atoms with Gasteiger partial charge in [-0.3, -0.25) is 9.69 Å². The first-order valence-electron chi connectivity index (χ1n) is 10.2. The first kappa shape index (κ1) is 19.9. The van der Waals surface area contributed by atoms with Crippen molar-refractivity contribution < 1.29 is 14.3 Å². The van der Waals surface area contributed by atoms with Crippen LogP contribution in [0.5, 0.6) is 0 Å². The van der Waals surface area contributed by atoms with E-state index in [2.05, 4.69) is 52.3 Å². The van der Waals surface area contributed by atoms with E-state index in [1.807, 2.05) is 19.0 Å². The molecule has 0 bridgehead atoms. The molecular formula is C23H29N3O3. The summed E-state index contributed by atoms with van der Waals surface area (Å²) in [5.41, 5.74) is 5.45. The van der Waals surface area contributed by atoms with Crippen LogP contribution >= 0.6 is 0 Å². The van der Waals surface area contributed by atoms with E-state index in [1.165, 1.54) is 5.69 Å². The van der Waals surface area contributed by atoms with Crippen molar-refractivity contribution in [2.75, 3.05) is 69.9 Å². The number of amides is 1. The fourth-order valence-electron chi connectivity index (χ4n) is 3.84. The van der Waals surface area contributed by atoms with Crippen molar-refractivity contribution in [2.24, 2.45) is 0 Å². The van der Waals surface area contributed by atoms with E-state index in [0.29, 0.717) is 13.2 Å². The van der Waals surface area contributed by atoms with Crippen molar-refractivity contribution in [1.29, 1.82) is 0 Å². The van der Waals surface area contributed by atoms with E-state index in [1.54, 1.807) is 0 Å². The highest BCUT2D eigenvalue weighted by molar-refractivity contribution is 5.96. The lowest BCUT2D eigenvalue weighted by molar-refractivity contribution is -0.123. The Balaban J connectivity index is 1.59. The third-order valence-electron chi connectivity index (χ3n) is 5.62. The van der Waals surface area contributed by atoms with Crippen LogP contribution in [0, 0.1) is 0 Å². The van der Waals surface area contributed by atoms with Gasteiger partial charge in [-0.25, -0.2) is 0 Å². The summed E-state index contributed by atoms with van der Waals surface area (Å²) in [5.74, 6) is 0.0251. The minimum Gasteiger partial charge on any atom is -0.379 e. The SMILES string of the molecule is CN(C)c1ccc(-c2ccc3c(c2)N(CCN2CCOCC2)C(=O)COC3)cc1. The molecule has 1 saturated heterocycles. The van der Waals surface area contributed by atoms with Crippen LogP contribution in [0.2, 0.25) is 0 Å². The van der Waals surface area contributed by atoms with Crippen molar-refractivity contribution in [1.82, 2.24) is 4.90 Å². The van der Waals surface area contributed by atoms with Crippen LogP contribution in [0.1, 0.15) is 5.56 Å². The predicted octanol–water partition coefficient (Wildman–Crippen LogP) is 2.62. The summed E-state index contributed by atoms with van der Waals surface area (Å²) in [4.78, 5) is 19.1. The zero-order chi connectivity index (χ0) is 20.2. The van der Waals surface area contributed by atoms with Crippen LogP contribution < -0.4 is 9.80 Å². The van der Waals surface area contributed by atoms with Crippen molar-refractivity contribution in [2.45, 2.75) is 6.61 Å². The molecule has 2 aromatic rings. The van der Waals surface area contributed by atoms with Gasteiger partial charge in [0.25, 0.3) is 5.91 Å². The molecule has 0 unspecified atom stereocenters. The maximum atomic E-state index is 12.8. The molecule has 154 valence electrons. The Morgan fingerprint density at radius 1 is 0.897 bits per heavy atom. The van der Waals surface area contributed by atoms with Gasteiger partial charge in [0.05, 0.1) is 19.8 Å². The lowest BCUT2D eigenvalue weighted by atomic mass is 10.0. The van der Waals surface area contributed by atoms with Crippen molar-refractivity contribution >= 4 is 17.3 Å². The smallest absolute Gasteiger partial charge is 0.253 e. The monoisotopic (exact) mass is 395 g/mol. The number of carbonyl (C=O) groups is 1. The van der Waals surface area contributed by atoms with Gasteiger partial charge < -0.3 is 19.3 Å². The molecule has 2 aromatic carbocycles. The number of carbonyl (C=O) groups excluding carboxylic acids is 1. The van der Waals surface area contributed by atoms with Gasteiger partial charge in [-0.2, -0.15) is 0 Å². The average molecular weight is 396 g/mol. The second-order valence-electron chi connectivity index (χ2n) is 7.78. The van der Waals surface area contributed by atoms with Crippen LogP contribution in [0.4, 0.5) is 11.4 Å². The van der Waals surface area contributed by atoms with Gasteiger partial charge >= 0.3 is 0 Å². The molecule has 0 aromatic heterocycles. The Labute approximate surface area is 172 Å². The zero-order valence-electron chi connectivity index (χ0n) is 17.3. The molecular weight excluding hydrogens is 366 g/mol. The molecule has 0 atom stereocenters. The largest absolute Gasteiger partial charge is 0.379 e. The third kappa shape index (κ3) is 4.61. The highest BCUT2D eigenvalue weighted by Crippen LogP contribution is 2.31. The van der Waals surface area contributed by atoms with Crippen molar-refractivity contribution in [3.63, 3.8) is 0 Å². The highest BCUT2D eigenvalue weighted by Gasteiger charge is 2.24. The molecule has 29 heavy (non-hydrogen) atoms. The van der Waals surface area contributed by atoms with Gasteiger partial charge in [0.2, 0.25) is 0 Å². The number of anilines is 2. The van der Waals surface area contributed by atoms with Crippen LogP contribution in [0.3, 0.4) is 0 Å². The summed E-state index contributed by atoms with van der Waals surface area (Å²) in [6, 6.07) is 14.8. The molecule has 2 aliphatic heterocycles. The summed E-state index contributed by atoms with van der Waals surface area (Å²) in [6.07, 6.45) is 0. The van der Waals surface area contributed by atoms with E-state index >= 15 is 0 Å². The standard InChI is InChI=1S/C23H29N3O3/c1-24(2)21-7-5-18(6-8-21)19-3-4-20-16-29-17-23(27)26(22(20)15-19)10-9-25-11-13-28-14-12-25/h3-8,15H,9-14,16-17H2,1-2H3. The lowest BCUT2D eigenvalue weighted by Crippen LogP contribution is -2.43. The highest BCUT2D eigenvalue weighted by atomic mass is 16.5. The van der Waals surface area contributed by atoms with E-state index < -0.39 is 0 Å². The maximum Gasteiger partial charge on any atom is 0.253 e. The van der Waals surface area contributed by atoms with Crippen LogP contribution in [0.15, 0.2) is 42.5 Å². The second kappa shape index (κ2) is 8.95. The number of benzene rings is 2. The number of nitrogens with zero attached hydrogens (tertiary/aromatic N) is 3. The summed E-state index contributed by atoms with van der Waals surface area (Å²) >= 11 is 0. The first-order valence-corrected chi connectivity index (χ1v) is 10.2. The van der Waals surface area contributed by atoms with E-state index in [9.17, 15) is 4.79 Å². The Morgan fingerprint density at radius 3 is 2.34 bits per heavy atom. The van der Waals surface area contributed by atoms with Crippen LogP contribution in [-0.2, 0) is 20.9 Å². The third-order valence-corrected chi connectivity index (χ3v) is 5.62. The fourth-order valence-corrected chi connectivity index (χ4v) is 3.84. The van der Waals surface area contributed by atoms with Gasteiger partial charge in [-0.15, -0.1) is 0 Å². The molecule has 2 heterocycles. The first-order chi connectivity index (χ1) is 14.1. The van der Waals surface area contributed by atoms with Gasteiger partial charge in [-0.05, 0) is 29.3 Å². The minimum atomic E-state index is 0.0251. The number of hydrogen-bond donors (Lipinski definition) is 0. The molecule has 0 radical (unpaired) electrons. The zero-order valence-corrected chi connectivity index (χ0v) is 17.3. The number of morpholine rings is 1. The predicted molar refractivity (Wildman–Crippen MR) is 115 cm³/mol. The normalized spacial score (nSPS) is 17.7. The minimum absolute atomic E-state index is 0.0251. The van der Waals surface area contributed by atoms with E-state index in [0.717, 1.165) is 55.2 Å². The Bertz CT molecular complexity index is 845. The van der Waals surface area contributed by atoms with Gasteiger partial charge in [0.1, 0.15) is 6.61 Å². The molecule has 0 aliphatic carbocycles. The molecule has 1 fully saturated rings. The Kier molecular flexibility index (Phi) is 6.13. The molecule has 6 heteroatoms. The number of fused-ring (bicyclic) bond motifs is 1. The van der Waals surface area contributed by atoms with Crippen molar-refractivity contribution in [3.8, 4) is 11.1 Å². The van der Waals surface area contributed by atoms with E-state index in [-0.39, 0.29) is 12.5 Å². The number of ether oxygens (including phenoxy) is 2. The molecule has 0 N–H and O–H groups in total. The fraction of sp³-hybridized carbons (Fsp3) is 0.435. The van der Waals surface area contributed by atoms with E-state index in [4.69, 9.17) is 9.47 Å². The summed E-state index contributed by atoms with van der Waals surface area (Å²) in [5, 5.41) is 0. The van der Waals surface area contributed by atoms with Crippen LogP contribution in [-0.4, -0.2) is 70.9 Å². The summed E-state index contributed by atoms with van der Waals surface area (Å²) < 4.78 is 11.0. The van der Waals surface area contributed by atoms with Crippen LogP contribution in [0.25, 0.3) is 11.1 Å². The molecule has 2 aliphatic rings. The molecule has 0 saturated carbocycles. The average Bonchev–Trinajstić information content (AvgIpc) is 2.90. The van der Waals surface area contributed by atoms with Gasteiger partial charge in [-0.1, -0.05) is 24.3 Å². The summed E-state index contributed by atoms with van der Waals surface area (Å²) in [6.45, 7) is 5.48. The quantitative estimate of drug-likeness (QED) is 0.779. The number of rotatable bonds is 5. The maximum absolute atomic E-state index is 12.8. The molecule has 6 nitrogen and oxygen atoms in total. The number of hydrogen-bond acceptors (Lipinski definition) is 5. The topological polar surface area (TPSA) is 45.2 Å². The Hall–Kier alpha value is -2.41. The second-order valence-corrected chi connectivity index (χ2v) is 7.78. The van der Waals surface area contributed by atoms with Gasteiger partial charge in [0, 0.05) is 57.2 Å². The Morgan fingerprint density at radius 2 is 1.62 bits per heavy atom. The summed E-state index contributed by atoms with van der Waals surface area (Å²) in [7, 11) is 4.07. The molecule has 0 spiro atoms. The van der Waals surface area contributed by atoms with Crippen molar-refractivity contribution in [3.05, 3.63) is 48.0 Å². The lowest BCUT2D eigenvalue weighted by Gasteiger charge is -2.30.